The van der Waals surface area contributed by atoms with Crippen LogP contribution in [0.5, 0.6) is 0 Å². The van der Waals surface area contributed by atoms with Gasteiger partial charge < -0.3 is 10.6 Å². The van der Waals surface area contributed by atoms with Crippen molar-refractivity contribution < 1.29 is 8.42 Å². The van der Waals surface area contributed by atoms with Gasteiger partial charge in [0.05, 0.1) is 5.75 Å². The smallest absolute Gasteiger partial charge is 0.191 e. The van der Waals surface area contributed by atoms with E-state index >= 15 is 0 Å². The fourth-order valence-corrected chi connectivity index (χ4v) is 3.11. The summed E-state index contributed by atoms with van der Waals surface area (Å²) >= 11 is 5.94. The number of halogens is 1. The first kappa shape index (κ1) is 20.8. The summed E-state index contributed by atoms with van der Waals surface area (Å²) in [5, 5.41) is 7.25. The van der Waals surface area contributed by atoms with Crippen LogP contribution >= 0.6 is 11.6 Å². The summed E-state index contributed by atoms with van der Waals surface area (Å²) in [7, 11) is -1.25. The molecule has 1 unspecified atom stereocenters. The molecular formula is C17H28ClN3O2S. The maximum absolute atomic E-state index is 11.2. The summed E-state index contributed by atoms with van der Waals surface area (Å²) in [6.07, 6.45) is 1.79. The summed E-state index contributed by atoms with van der Waals surface area (Å²) in [4.78, 5) is 4.21. The molecule has 1 rings (SSSR count). The number of hydrogen-bond donors (Lipinski definition) is 2. The predicted molar refractivity (Wildman–Crippen MR) is 103 cm³/mol. The van der Waals surface area contributed by atoms with Crippen LogP contribution < -0.4 is 10.6 Å². The molecule has 7 heteroatoms. The third kappa shape index (κ3) is 7.53. The molecule has 24 heavy (non-hydrogen) atoms. The molecule has 5 nitrogen and oxygen atoms in total. The average Bonchev–Trinajstić information content (AvgIpc) is 2.49. The molecule has 0 spiro atoms. The molecule has 0 saturated heterocycles. The van der Waals surface area contributed by atoms with Gasteiger partial charge >= 0.3 is 0 Å². The van der Waals surface area contributed by atoms with Crippen LogP contribution in [0.15, 0.2) is 29.3 Å². The minimum absolute atomic E-state index is 0.0181. The average molecular weight is 374 g/mol. The van der Waals surface area contributed by atoms with Crippen molar-refractivity contribution >= 4 is 27.4 Å². The second-order valence-corrected chi connectivity index (χ2v) is 9.48. The van der Waals surface area contributed by atoms with Gasteiger partial charge in [0.2, 0.25) is 0 Å². The van der Waals surface area contributed by atoms with Gasteiger partial charge in [-0.2, -0.15) is 0 Å². The fourth-order valence-electron chi connectivity index (χ4n) is 2.20. The first-order valence-electron chi connectivity index (χ1n) is 7.94. The van der Waals surface area contributed by atoms with Crippen LogP contribution in [0.1, 0.15) is 32.8 Å². The first-order valence-corrected chi connectivity index (χ1v) is 10.4. The number of hydrogen-bond acceptors (Lipinski definition) is 3. The second kappa shape index (κ2) is 8.72. The Morgan fingerprint density at radius 2 is 1.88 bits per heavy atom. The number of nitrogens with one attached hydrogen (secondary N) is 2. The zero-order chi connectivity index (χ0) is 18.4. The minimum atomic E-state index is -2.95. The highest BCUT2D eigenvalue weighted by Gasteiger charge is 2.21. The lowest BCUT2D eigenvalue weighted by Gasteiger charge is -2.27. The predicted octanol–water partition coefficient (Wildman–Crippen LogP) is 2.61. The lowest BCUT2D eigenvalue weighted by Crippen LogP contribution is -2.46. The minimum Gasteiger partial charge on any atom is -0.356 e. The standard InChI is InChI=1S/C17H28ClN3O2S/c1-13(10-11-24(5,22)23)21-16(19-4)20-12-17(2,3)14-6-8-15(18)9-7-14/h6-9,13H,10-12H2,1-5H3,(H2,19,20,21). The molecule has 0 fully saturated rings. The van der Waals surface area contributed by atoms with Gasteiger partial charge in [-0.05, 0) is 31.0 Å². The molecule has 2 N–H and O–H groups in total. The highest BCUT2D eigenvalue weighted by molar-refractivity contribution is 7.90. The Labute approximate surface area is 150 Å². The van der Waals surface area contributed by atoms with Crippen molar-refractivity contribution in [3.05, 3.63) is 34.9 Å². The monoisotopic (exact) mass is 373 g/mol. The van der Waals surface area contributed by atoms with Gasteiger partial charge in [-0.3, -0.25) is 4.99 Å². The summed E-state index contributed by atoms with van der Waals surface area (Å²) in [6, 6.07) is 7.84. The van der Waals surface area contributed by atoms with Crippen LogP contribution in [-0.4, -0.2) is 46.0 Å². The quantitative estimate of drug-likeness (QED) is 0.569. The third-order valence-electron chi connectivity index (χ3n) is 3.85. The number of guanidine groups is 1. The molecule has 1 aromatic rings. The molecule has 1 atom stereocenters. The normalized spacial score (nSPS) is 14.3. The maximum atomic E-state index is 11.2. The van der Waals surface area contributed by atoms with Crippen molar-refractivity contribution in [2.24, 2.45) is 4.99 Å². The molecule has 0 heterocycles. The Hall–Kier alpha value is -1.27. The van der Waals surface area contributed by atoms with Crippen molar-refractivity contribution in [3.8, 4) is 0 Å². The van der Waals surface area contributed by atoms with Crippen molar-refractivity contribution in [2.75, 3.05) is 25.6 Å². The van der Waals surface area contributed by atoms with Gasteiger partial charge in [0.15, 0.2) is 5.96 Å². The van der Waals surface area contributed by atoms with E-state index in [0.29, 0.717) is 18.9 Å². The zero-order valence-electron chi connectivity index (χ0n) is 15.1. The topological polar surface area (TPSA) is 70.6 Å². The molecule has 0 aromatic heterocycles. The second-order valence-electron chi connectivity index (χ2n) is 6.78. The van der Waals surface area contributed by atoms with E-state index in [4.69, 9.17) is 11.6 Å². The molecule has 0 aliphatic rings. The fraction of sp³-hybridized carbons (Fsp3) is 0.588. The number of aliphatic imine (C=N–C) groups is 1. The van der Waals surface area contributed by atoms with Crippen LogP contribution in [0.4, 0.5) is 0 Å². The van der Waals surface area contributed by atoms with E-state index in [0.717, 1.165) is 5.02 Å². The van der Waals surface area contributed by atoms with Crippen molar-refractivity contribution in [1.82, 2.24) is 10.6 Å². The molecule has 136 valence electrons. The number of rotatable bonds is 7. The Morgan fingerprint density at radius 3 is 2.38 bits per heavy atom. The molecule has 0 amide bonds. The Kier molecular flexibility index (Phi) is 7.55. The van der Waals surface area contributed by atoms with Crippen molar-refractivity contribution in [2.45, 2.75) is 38.6 Å². The lowest BCUT2D eigenvalue weighted by molar-refractivity contribution is 0.503. The summed E-state index contributed by atoms with van der Waals surface area (Å²) in [5.74, 6) is 0.826. The molecule has 0 aliphatic carbocycles. The SMILES string of the molecule is CN=C(NCC(C)(C)c1ccc(Cl)cc1)NC(C)CCS(C)(=O)=O. The van der Waals surface area contributed by atoms with Gasteiger partial charge in [0.25, 0.3) is 0 Å². The van der Waals surface area contributed by atoms with E-state index < -0.39 is 9.84 Å². The van der Waals surface area contributed by atoms with E-state index in [1.54, 1.807) is 7.05 Å². The van der Waals surface area contributed by atoms with E-state index in [-0.39, 0.29) is 17.2 Å². The molecule has 0 radical (unpaired) electrons. The number of nitrogens with zero attached hydrogens (tertiary/aromatic N) is 1. The molecular weight excluding hydrogens is 346 g/mol. The third-order valence-corrected chi connectivity index (χ3v) is 5.08. The summed E-state index contributed by atoms with van der Waals surface area (Å²) < 4.78 is 22.5. The van der Waals surface area contributed by atoms with Gasteiger partial charge in [-0.25, -0.2) is 8.42 Å². The molecule has 1 aromatic carbocycles. The molecule has 0 aliphatic heterocycles. The first-order chi connectivity index (χ1) is 11.0. The van der Waals surface area contributed by atoms with E-state index in [9.17, 15) is 8.42 Å². The van der Waals surface area contributed by atoms with Crippen molar-refractivity contribution in [3.63, 3.8) is 0 Å². The van der Waals surface area contributed by atoms with Crippen molar-refractivity contribution in [1.29, 1.82) is 0 Å². The lowest BCUT2D eigenvalue weighted by atomic mass is 9.85. The molecule has 0 saturated carbocycles. The number of benzene rings is 1. The Morgan fingerprint density at radius 1 is 1.29 bits per heavy atom. The van der Waals surface area contributed by atoms with Gasteiger partial charge in [0, 0.05) is 36.3 Å². The highest BCUT2D eigenvalue weighted by atomic mass is 35.5. The summed E-state index contributed by atoms with van der Waals surface area (Å²) in [6.45, 7) is 6.92. The maximum Gasteiger partial charge on any atom is 0.191 e. The summed E-state index contributed by atoms with van der Waals surface area (Å²) in [5.41, 5.74) is 1.08. The Balaban J connectivity index is 2.58. The highest BCUT2D eigenvalue weighted by Crippen LogP contribution is 2.23. The van der Waals surface area contributed by atoms with Gasteiger partial charge in [-0.15, -0.1) is 0 Å². The number of sulfone groups is 1. The van der Waals surface area contributed by atoms with Gasteiger partial charge in [-0.1, -0.05) is 37.6 Å². The van der Waals surface area contributed by atoms with Crippen LogP contribution in [0.3, 0.4) is 0 Å². The van der Waals surface area contributed by atoms with E-state index in [2.05, 4.69) is 29.5 Å². The van der Waals surface area contributed by atoms with Crippen LogP contribution in [-0.2, 0) is 15.3 Å². The molecule has 0 bridgehead atoms. The van der Waals surface area contributed by atoms with Crippen LogP contribution in [0.2, 0.25) is 5.02 Å². The van der Waals surface area contributed by atoms with E-state index in [1.807, 2.05) is 31.2 Å². The largest absolute Gasteiger partial charge is 0.356 e. The van der Waals surface area contributed by atoms with Crippen LogP contribution in [0, 0.1) is 0 Å². The zero-order valence-corrected chi connectivity index (χ0v) is 16.6. The Bertz CT molecular complexity index is 655. The van der Waals surface area contributed by atoms with Crippen LogP contribution in [0.25, 0.3) is 0 Å². The van der Waals surface area contributed by atoms with E-state index in [1.165, 1.54) is 11.8 Å². The van der Waals surface area contributed by atoms with Gasteiger partial charge in [0.1, 0.15) is 9.84 Å².